The molecule has 4 rings (SSSR count). The van der Waals surface area contributed by atoms with Gasteiger partial charge in [0.1, 0.15) is 13.2 Å². The molecule has 1 aliphatic heterocycles. The number of carbonyl (C=O) groups is 2. The van der Waals surface area contributed by atoms with Crippen LogP contribution in [-0.4, -0.2) is 36.7 Å². The minimum absolute atomic E-state index is 0.179. The standard InChI is InChI=1S/C18H17NO5S/c20-16(19-10-18(5-6-18)17(21)22)15-4-3-14(25-15)11-1-2-12-13(9-11)24-8-7-23-12/h1-4,9H,5-8,10H2,(H,19,20)(H,21,22). The quantitative estimate of drug-likeness (QED) is 0.857. The number of hydrogen-bond donors (Lipinski definition) is 2. The van der Waals surface area contributed by atoms with Crippen molar-refractivity contribution in [3.63, 3.8) is 0 Å². The number of nitrogens with one attached hydrogen (secondary N) is 1. The molecule has 2 N–H and O–H groups in total. The Hall–Kier alpha value is -2.54. The maximum absolute atomic E-state index is 12.3. The fraction of sp³-hybridized carbons (Fsp3) is 0.333. The first-order chi connectivity index (χ1) is 12.1. The first-order valence-corrected chi connectivity index (χ1v) is 8.91. The second-order valence-corrected chi connectivity index (χ2v) is 7.37. The van der Waals surface area contributed by atoms with Crippen LogP contribution in [0.5, 0.6) is 11.5 Å². The average molecular weight is 359 g/mol. The van der Waals surface area contributed by atoms with Crippen molar-refractivity contribution in [2.75, 3.05) is 19.8 Å². The Balaban J connectivity index is 1.46. The molecule has 2 aliphatic rings. The molecule has 2 heterocycles. The van der Waals surface area contributed by atoms with E-state index in [1.807, 2.05) is 24.3 Å². The fourth-order valence-corrected chi connectivity index (χ4v) is 3.68. The van der Waals surface area contributed by atoms with Crippen molar-refractivity contribution < 1.29 is 24.2 Å². The molecular weight excluding hydrogens is 342 g/mol. The van der Waals surface area contributed by atoms with Crippen molar-refractivity contribution in [2.24, 2.45) is 5.41 Å². The van der Waals surface area contributed by atoms with Gasteiger partial charge in [-0.2, -0.15) is 0 Å². The molecule has 6 nitrogen and oxygen atoms in total. The fourth-order valence-electron chi connectivity index (χ4n) is 2.77. The molecule has 0 radical (unpaired) electrons. The summed E-state index contributed by atoms with van der Waals surface area (Å²) in [7, 11) is 0. The molecule has 0 saturated heterocycles. The van der Waals surface area contributed by atoms with E-state index in [0.717, 1.165) is 16.2 Å². The molecule has 0 spiro atoms. The van der Waals surface area contributed by atoms with Crippen LogP contribution < -0.4 is 14.8 Å². The van der Waals surface area contributed by atoms with E-state index in [0.29, 0.717) is 36.7 Å². The van der Waals surface area contributed by atoms with Crippen molar-refractivity contribution in [1.29, 1.82) is 0 Å². The van der Waals surface area contributed by atoms with Crippen LogP contribution in [0.25, 0.3) is 10.4 Å². The number of fused-ring (bicyclic) bond motifs is 1. The van der Waals surface area contributed by atoms with Gasteiger partial charge in [-0.1, -0.05) is 0 Å². The van der Waals surface area contributed by atoms with Crippen molar-refractivity contribution in [2.45, 2.75) is 12.8 Å². The molecule has 1 aromatic heterocycles. The predicted octanol–water partition coefficient (Wildman–Crippen LogP) is 2.78. The van der Waals surface area contributed by atoms with E-state index in [-0.39, 0.29) is 12.5 Å². The van der Waals surface area contributed by atoms with Crippen LogP contribution in [-0.2, 0) is 4.79 Å². The molecule has 0 atom stereocenters. The summed E-state index contributed by atoms with van der Waals surface area (Å²) in [5.41, 5.74) is 0.198. The minimum Gasteiger partial charge on any atom is -0.486 e. The zero-order valence-electron chi connectivity index (χ0n) is 13.4. The van der Waals surface area contributed by atoms with Gasteiger partial charge in [0.2, 0.25) is 0 Å². The summed E-state index contributed by atoms with van der Waals surface area (Å²) < 4.78 is 11.1. The summed E-state index contributed by atoms with van der Waals surface area (Å²) in [6.07, 6.45) is 1.24. The summed E-state index contributed by atoms with van der Waals surface area (Å²) in [4.78, 5) is 25.0. The topological polar surface area (TPSA) is 84.9 Å². The highest BCUT2D eigenvalue weighted by Gasteiger charge is 2.50. The monoisotopic (exact) mass is 359 g/mol. The van der Waals surface area contributed by atoms with Crippen LogP contribution >= 0.6 is 11.3 Å². The Bertz CT molecular complexity index is 840. The third-order valence-electron chi connectivity index (χ3n) is 4.55. The number of thiophene rings is 1. The molecule has 25 heavy (non-hydrogen) atoms. The number of carboxylic acids is 1. The van der Waals surface area contributed by atoms with Crippen molar-refractivity contribution >= 4 is 23.2 Å². The molecule has 1 aromatic carbocycles. The van der Waals surface area contributed by atoms with Gasteiger partial charge in [-0.05, 0) is 48.7 Å². The van der Waals surface area contributed by atoms with Gasteiger partial charge in [-0.25, -0.2) is 0 Å². The third kappa shape index (κ3) is 3.07. The van der Waals surface area contributed by atoms with E-state index in [4.69, 9.17) is 14.6 Å². The Labute approximate surface area is 148 Å². The zero-order valence-corrected chi connectivity index (χ0v) is 14.2. The maximum Gasteiger partial charge on any atom is 0.311 e. The largest absolute Gasteiger partial charge is 0.486 e. The molecule has 1 aliphatic carbocycles. The van der Waals surface area contributed by atoms with Gasteiger partial charge < -0.3 is 19.9 Å². The lowest BCUT2D eigenvalue weighted by atomic mass is 10.1. The van der Waals surface area contributed by atoms with Crippen LogP contribution in [0.4, 0.5) is 0 Å². The lowest BCUT2D eigenvalue weighted by Crippen LogP contribution is -2.33. The SMILES string of the molecule is O=C(NCC1(C(=O)O)CC1)c1ccc(-c2ccc3c(c2)OCCO3)s1. The highest BCUT2D eigenvalue weighted by Crippen LogP contribution is 2.45. The summed E-state index contributed by atoms with van der Waals surface area (Å²) >= 11 is 1.37. The number of carboxylic acid groups (broad SMARTS) is 1. The Morgan fingerprint density at radius 3 is 2.60 bits per heavy atom. The summed E-state index contributed by atoms with van der Waals surface area (Å²) in [6, 6.07) is 9.35. The zero-order chi connectivity index (χ0) is 17.4. The van der Waals surface area contributed by atoms with E-state index >= 15 is 0 Å². The Morgan fingerprint density at radius 1 is 1.12 bits per heavy atom. The van der Waals surface area contributed by atoms with Gasteiger partial charge in [0.05, 0.1) is 10.3 Å². The van der Waals surface area contributed by atoms with E-state index in [1.54, 1.807) is 6.07 Å². The van der Waals surface area contributed by atoms with Crippen LogP contribution in [0.2, 0.25) is 0 Å². The smallest absolute Gasteiger partial charge is 0.311 e. The number of amides is 1. The molecular formula is C18H17NO5S. The second kappa shape index (κ2) is 6.07. The van der Waals surface area contributed by atoms with Crippen molar-refractivity contribution in [1.82, 2.24) is 5.32 Å². The highest BCUT2D eigenvalue weighted by atomic mass is 32.1. The van der Waals surface area contributed by atoms with Crippen molar-refractivity contribution in [3.8, 4) is 21.9 Å². The van der Waals surface area contributed by atoms with Gasteiger partial charge in [-0.15, -0.1) is 11.3 Å². The first kappa shape index (κ1) is 16.0. The van der Waals surface area contributed by atoms with Gasteiger partial charge in [0.25, 0.3) is 5.91 Å². The van der Waals surface area contributed by atoms with Crippen LogP contribution in [0.1, 0.15) is 22.5 Å². The van der Waals surface area contributed by atoms with Crippen LogP contribution in [0.15, 0.2) is 30.3 Å². The minimum atomic E-state index is -0.837. The Kier molecular flexibility index (Phi) is 3.88. The Morgan fingerprint density at radius 2 is 1.88 bits per heavy atom. The van der Waals surface area contributed by atoms with Gasteiger partial charge in [-0.3, -0.25) is 9.59 Å². The predicted molar refractivity (Wildman–Crippen MR) is 92.4 cm³/mol. The number of aliphatic carboxylic acids is 1. The molecule has 2 aromatic rings. The first-order valence-electron chi connectivity index (χ1n) is 8.09. The second-order valence-electron chi connectivity index (χ2n) is 6.29. The molecule has 1 fully saturated rings. The van der Waals surface area contributed by atoms with Crippen molar-refractivity contribution in [3.05, 3.63) is 35.2 Å². The number of ether oxygens (including phenoxy) is 2. The average Bonchev–Trinajstić information content (AvgIpc) is 3.27. The van der Waals surface area contributed by atoms with Crippen LogP contribution in [0, 0.1) is 5.41 Å². The van der Waals surface area contributed by atoms with Gasteiger partial charge in [0.15, 0.2) is 11.5 Å². The summed E-state index contributed by atoms with van der Waals surface area (Å²) in [6.45, 7) is 1.26. The van der Waals surface area contributed by atoms with E-state index < -0.39 is 11.4 Å². The molecule has 1 saturated carbocycles. The lowest BCUT2D eigenvalue weighted by molar-refractivity contribution is -0.143. The molecule has 0 unspecified atom stereocenters. The molecule has 130 valence electrons. The third-order valence-corrected chi connectivity index (χ3v) is 5.68. The van der Waals surface area contributed by atoms with E-state index in [2.05, 4.69) is 5.32 Å². The molecule has 0 bridgehead atoms. The number of carbonyl (C=O) groups excluding carboxylic acids is 1. The summed E-state index contributed by atoms with van der Waals surface area (Å²) in [5, 5.41) is 11.9. The van der Waals surface area contributed by atoms with Gasteiger partial charge in [0, 0.05) is 11.4 Å². The number of hydrogen-bond acceptors (Lipinski definition) is 5. The number of rotatable bonds is 5. The lowest BCUT2D eigenvalue weighted by Gasteiger charge is -2.18. The van der Waals surface area contributed by atoms with Crippen LogP contribution in [0.3, 0.4) is 0 Å². The maximum atomic E-state index is 12.3. The highest BCUT2D eigenvalue weighted by molar-refractivity contribution is 7.17. The van der Waals surface area contributed by atoms with E-state index in [1.165, 1.54) is 11.3 Å². The molecule has 1 amide bonds. The molecule has 7 heteroatoms. The van der Waals surface area contributed by atoms with E-state index in [9.17, 15) is 9.59 Å². The number of benzene rings is 1. The summed E-state index contributed by atoms with van der Waals surface area (Å²) in [5.74, 6) is 0.366. The van der Waals surface area contributed by atoms with Gasteiger partial charge >= 0.3 is 5.97 Å². The normalized spacial score (nSPS) is 17.0.